The molecule has 1 aliphatic heterocycles. The van der Waals surface area contributed by atoms with E-state index in [9.17, 15) is 0 Å². The van der Waals surface area contributed by atoms with E-state index in [1.807, 2.05) is 6.20 Å². The van der Waals surface area contributed by atoms with Gasteiger partial charge in [0.05, 0.1) is 5.70 Å². The fraction of sp³-hybridized carbons (Fsp3) is 0.455. The summed E-state index contributed by atoms with van der Waals surface area (Å²) in [5.74, 6) is 1.32. The standard InChI is InChI=1S/C22H28N2/c1-8-23(6)13-19-14(2)15(3)21-16(4)18-11-9-10-12-20(18)24(7)22(21)17(19)5/h8,11-12,15-17H,1,13H2,2-7H3. The van der Waals surface area contributed by atoms with Crippen molar-refractivity contribution in [2.24, 2.45) is 17.8 Å². The Hall–Kier alpha value is -2.14. The first-order chi connectivity index (χ1) is 11.4. The SMILES string of the molecule is C=CN(C)CC1=C(C)C(C)C2=C(C1C)N(C)C1=C(C=C=C=C1)C2C. The third kappa shape index (κ3) is 2.35. The number of allylic oxidation sites excluding steroid dienone is 6. The van der Waals surface area contributed by atoms with Crippen LogP contribution in [-0.4, -0.2) is 30.4 Å². The Balaban J connectivity index is 2.07. The molecule has 0 aromatic carbocycles. The summed E-state index contributed by atoms with van der Waals surface area (Å²) in [6.07, 6.45) is 6.10. The molecule has 3 aliphatic rings. The van der Waals surface area contributed by atoms with Crippen molar-refractivity contribution in [1.82, 2.24) is 9.80 Å². The highest BCUT2D eigenvalue weighted by molar-refractivity contribution is 5.52. The van der Waals surface area contributed by atoms with Crippen LogP contribution in [0.15, 0.2) is 70.1 Å². The Morgan fingerprint density at radius 1 is 1.17 bits per heavy atom. The summed E-state index contributed by atoms with van der Waals surface area (Å²) in [5.41, 5.74) is 15.0. The molecule has 126 valence electrons. The molecule has 0 saturated heterocycles. The van der Waals surface area contributed by atoms with Gasteiger partial charge in [0.2, 0.25) is 0 Å². The van der Waals surface area contributed by atoms with Crippen molar-refractivity contribution in [2.45, 2.75) is 27.7 Å². The van der Waals surface area contributed by atoms with Gasteiger partial charge in [0.25, 0.3) is 0 Å². The summed E-state index contributed by atoms with van der Waals surface area (Å²) in [7, 11) is 4.30. The molecule has 24 heavy (non-hydrogen) atoms. The maximum atomic E-state index is 3.91. The van der Waals surface area contributed by atoms with E-state index in [4.69, 9.17) is 0 Å². The lowest BCUT2D eigenvalue weighted by Gasteiger charge is -2.45. The zero-order valence-electron chi connectivity index (χ0n) is 15.8. The fourth-order valence-electron chi connectivity index (χ4n) is 4.49. The first-order valence-corrected chi connectivity index (χ1v) is 8.80. The molecule has 0 N–H and O–H groups in total. The van der Waals surface area contributed by atoms with Gasteiger partial charge in [0.15, 0.2) is 0 Å². The maximum absolute atomic E-state index is 3.91. The Bertz CT molecular complexity index is 777. The van der Waals surface area contributed by atoms with Crippen LogP contribution >= 0.6 is 0 Å². The van der Waals surface area contributed by atoms with Crippen LogP contribution in [0, 0.1) is 17.8 Å². The fourth-order valence-corrected chi connectivity index (χ4v) is 4.49. The highest BCUT2D eigenvalue weighted by Crippen LogP contribution is 2.49. The van der Waals surface area contributed by atoms with Crippen LogP contribution in [0.3, 0.4) is 0 Å². The molecular weight excluding hydrogens is 292 g/mol. The molecule has 3 atom stereocenters. The molecule has 0 amide bonds. The highest BCUT2D eigenvalue weighted by Gasteiger charge is 2.39. The van der Waals surface area contributed by atoms with E-state index in [1.54, 1.807) is 5.57 Å². The van der Waals surface area contributed by atoms with Gasteiger partial charge in [0.1, 0.15) is 0 Å². The van der Waals surface area contributed by atoms with Crippen LogP contribution < -0.4 is 0 Å². The molecule has 0 fully saturated rings. The number of hydrogen-bond acceptors (Lipinski definition) is 2. The van der Waals surface area contributed by atoms with Gasteiger partial charge in [-0.2, -0.15) is 0 Å². The highest BCUT2D eigenvalue weighted by atomic mass is 15.1. The van der Waals surface area contributed by atoms with Crippen LogP contribution in [0.25, 0.3) is 0 Å². The molecule has 0 aromatic rings. The second kappa shape index (κ2) is 6.06. The Morgan fingerprint density at radius 3 is 2.50 bits per heavy atom. The summed E-state index contributed by atoms with van der Waals surface area (Å²) in [5, 5.41) is 0. The van der Waals surface area contributed by atoms with Crippen molar-refractivity contribution >= 4 is 0 Å². The zero-order valence-corrected chi connectivity index (χ0v) is 15.8. The smallest absolute Gasteiger partial charge is 0.0535 e. The van der Waals surface area contributed by atoms with Gasteiger partial charge in [-0.15, -0.1) is 0 Å². The first-order valence-electron chi connectivity index (χ1n) is 8.80. The minimum atomic E-state index is 0.420. The predicted octanol–water partition coefficient (Wildman–Crippen LogP) is 4.63. The van der Waals surface area contributed by atoms with Gasteiger partial charge in [0, 0.05) is 50.2 Å². The second-order valence-corrected chi connectivity index (χ2v) is 7.29. The van der Waals surface area contributed by atoms with Gasteiger partial charge in [-0.05, 0) is 35.9 Å². The van der Waals surface area contributed by atoms with Crippen molar-refractivity contribution in [1.29, 1.82) is 0 Å². The lowest BCUT2D eigenvalue weighted by atomic mass is 9.69. The quantitative estimate of drug-likeness (QED) is 0.552. The molecule has 1 heterocycles. The average molecular weight is 320 g/mol. The molecule has 2 aliphatic carbocycles. The molecule has 2 heteroatoms. The van der Waals surface area contributed by atoms with Gasteiger partial charge >= 0.3 is 0 Å². The molecule has 0 aromatic heterocycles. The topological polar surface area (TPSA) is 6.48 Å². The monoisotopic (exact) mass is 320 g/mol. The van der Waals surface area contributed by atoms with Crippen LogP contribution in [0.1, 0.15) is 27.7 Å². The van der Waals surface area contributed by atoms with Crippen molar-refractivity contribution in [3.05, 3.63) is 70.1 Å². The van der Waals surface area contributed by atoms with E-state index >= 15 is 0 Å². The number of rotatable bonds is 3. The Kier molecular flexibility index (Phi) is 4.22. The van der Waals surface area contributed by atoms with Crippen molar-refractivity contribution in [3.63, 3.8) is 0 Å². The third-order valence-corrected chi connectivity index (χ3v) is 6.05. The number of nitrogens with zero attached hydrogens (tertiary/aromatic N) is 2. The zero-order chi connectivity index (χ0) is 17.6. The van der Waals surface area contributed by atoms with E-state index in [1.165, 1.54) is 28.1 Å². The summed E-state index contributed by atoms with van der Waals surface area (Å²) in [6, 6.07) is 0. The maximum Gasteiger partial charge on any atom is 0.0535 e. The van der Waals surface area contributed by atoms with Crippen molar-refractivity contribution < 1.29 is 0 Å². The minimum Gasteiger partial charge on any atom is -0.377 e. The summed E-state index contributed by atoms with van der Waals surface area (Å²) in [6.45, 7) is 14.2. The van der Waals surface area contributed by atoms with Crippen molar-refractivity contribution in [3.8, 4) is 0 Å². The number of likely N-dealkylation sites (N-methyl/N-ethyl adjacent to an activating group) is 2. The Labute approximate surface area is 146 Å². The molecule has 0 radical (unpaired) electrons. The predicted molar refractivity (Wildman–Crippen MR) is 101 cm³/mol. The normalized spacial score (nSPS) is 28.4. The van der Waals surface area contributed by atoms with E-state index in [0.717, 1.165) is 6.54 Å². The summed E-state index contributed by atoms with van der Waals surface area (Å²) < 4.78 is 0. The lowest BCUT2D eigenvalue weighted by molar-refractivity contribution is 0.380. The molecule has 3 unspecified atom stereocenters. The van der Waals surface area contributed by atoms with Crippen LogP contribution in [-0.2, 0) is 0 Å². The summed E-state index contributed by atoms with van der Waals surface area (Å²) >= 11 is 0. The van der Waals surface area contributed by atoms with Gasteiger partial charge in [-0.1, -0.05) is 44.4 Å². The minimum absolute atomic E-state index is 0.420. The second-order valence-electron chi connectivity index (χ2n) is 7.29. The molecule has 2 nitrogen and oxygen atoms in total. The Morgan fingerprint density at radius 2 is 1.83 bits per heavy atom. The molecule has 3 rings (SSSR count). The van der Waals surface area contributed by atoms with E-state index < -0.39 is 0 Å². The van der Waals surface area contributed by atoms with Gasteiger partial charge < -0.3 is 9.80 Å². The first kappa shape index (κ1) is 16.7. The molecule has 0 spiro atoms. The van der Waals surface area contributed by atoms with Gasteiger partial charge in [-0.25, -0.2) is 0 Å². The molecule has 0 bridgehead atoms. The largest absolute Gasteiger partial charge is 0.377 e. The van der Waals surface area contributed by atoms with E-state index in [2.05, 4.69) is 81.8 Å². The summed E-state index contributed by atoms with van der Waals surface area (Å²) in [4.78, 5) is 4.56. The third-order valence-electron chi connectivity index (χ3n) is 6.05. The average Bonchev–Trinajstić information content (AvgIpc) is 2.59. The van der Waals surface area contributed by atoms with Gasteiger partial charge in [-0.3, -0.25) is 0 Å². The van der Waals surface area contributed by atoms with Crippen LogP contribution in [0.5, 0.6) is 0 Å². The lowest BCUT2D eigenvalue weighted by Crippen LogP contribution is -2.38. The van der Waals surface area contributed by atoms with Crippen LogP contribution in [0.2, 0.25) is 0 Å². The molecule has 0 saturated carbocycles. The molecular formula is C22H28N2. The van der Waals surface area contributed by atoms with E-state index in [-0.39, 0.29) is 0 Å². The van der Waals surface area contributed by atoms with Crippen molar-refractivity contribution in [2.75, 3.05) is 20.6 Å². The van der Waals surface area contributed by atoms with E-state index in [0.29, 0.717) is 17.8 Å². The number of hydrogen-bond donors (Lipinski definition) is 0. The van der Waals surface area contributed by atoms with Crippen LogP contribution in [0.4, 0.5) is 0 Å².